The van der Waals surface area contributed by atoms with Gasteiger partial charge in [-0.25, -0.2) is 0 Å². The van der Waals surface area contributed by atoms with Crippen molar-refractivity contribution < 1.29 is 19.0 Å². The van der Waals surface area contributed by atoms with Crippen LogP contribution in [-0.4, -0.2) is 41.4 Å². The summed E-state index contributed by atoms with van der Waals surface area (Å²) in [5.74, 6) is 0.105. The van der Waals surface area contributed by atoms with Crippen LogP contribution in [0.1, 0.15) is 27.7 Å². The third-order valence-electron chi connectivity index (χ3n) is 4.84. The van der Waals surface area contributed by atoms with Gasteiger partial charge in [-0.1, -0.05) is 20.8 Å². The highest BCUT2D eigenvalue weighted by molar-refractivity contribution is 6.04. The van der Waals surface area contributed by atoms with Crippen molar-refractivity contribution >= 4 is 5.78 Å². The molecule has 3 heterocycles. The predicted octanol–water partition coefficient (Wildman–Crippen LogP) is 0.679. The topological polar surface area (TPSA) is 54.7 Å². The van der Waals surface area contributed by atoms with E-state index in [0.717, 1.165) is 0 Å². The van der Waals surface area contributed by atoms with Crippen molar-refractivity contribution in [2.75, 3.05) is 6.61 Å². The van der Waals surface area contributed by atoms with Crippen LogP contribution in [0.3, 0.4) is 0 Å². The van der Waals surface area contributed by atoms with Crippen molar-refractivity contribution in [2.24, 2.45) is 5.41 Å². The maximum absolute atomic E-state index is 12.6. The molecule has 0 bridgehead atoms. The van der Waals surface area contributed by atoms with E-state index < -0.39 is 16.8 Å². The molecule has 0 N–H and O–H groups in total. The number of epoxide rings is 3. The molecule has 0 radical (unpaired) electrons. The normalized spacial score (nSPS) is 61.6. The van der Waals surface area contributed by atoms with E-state index in [1.807, 2.05) is 27.7 Å². The summed E-state index contributed by atoms with van der Waals surface area (Å²) in [4.78, 5) is 12.6. The summed E-state index contributed by atoms with van der Waals surface area (Å²) in [6.07, 6.45) is -0.00764. The second-order valence-corrected chi connectivity index (χ2v) is 6.61. The lowest BCUT2D eigenvalue weighted by Crippen LogP contribution is -2.58. The molecule has 0 unspecified atom stereocenters. The van der Waals surface area contributed by atoms with Crippen LogP contribution in [0.2, 0.25) is 0 Å². The van der Waals surface area contributed by atoms with Crippen molar-refractivity contribution in [3.63, 3.8) is 0 Å². The van der Waals surface area contributed by atoms with Gasteiger partial charge in [-0.15, -0.1) is 0 Å². The van der Waals surface area contributed by atoms with Crippen LogP contribution in [0.4, 0.5) is 0 Å². The number of hydrogen-bond donors (Lipinski definition) is 0. The number of carbonyl (C=O) groups excluding carboxylic acids is 1. The second-order valence-electron chi connectivity index (χ2n) is 6.61. The summed E-state index contributed by atoms with van der Waals surface area (Å²) < 4.78 is 17.0. The zero-order valence-corrected chi connectivity index (χ0v) is 9.99. The van der Waals surface area contributed by atoms with E-state index in [2.05, 4.69) is 0 Å². The quantitative estimate of drug-likeness (QED) is 0.568. The zero-order valence-electron chi connectivity index (χ0n) is 9.99. The molecule has 88 valence electrons. The molecular weight excluding hydrogens is 208 g/mol. The maximum Gasteiger partial charge on any atom is 0.205 e. The fraction of sp³-hybridized carbons (Fsp3) is 0.917. The molecule has 3 aliphatic heterocycles. The monoisotopic (exact) mass is 224 g/mol. The summed E-state index contributed by atoms with van der Waals surface area (Å²) >= 11 is 0. The first-order valence-corrected chi connectivity index (χ1v) is 5.84. The molecule has 0 aromatic heterocycles. The summed E-state index contributed by atoms with van der Waals surface area (Å²) in [6.45, 7) is 8.60. The van der Waals surface area contributed by atoms with Gasteiger partial charge in [0.1, 0.15) is 17.8 Å². The van der Waals surface area contributed by atoms with Crippen molar-refractivity contribution in [2.45, 2.75) is 56.7 Å². The van der Waals surface area contributed by atoms with Crippen molar-refractivity contribution in [1.29, 1.82) is 0 Å². The van der Waals surface area contributed by atoms with Gasteiger partial charge < -0.3 is 14.2 Å². The summed E-state index contributed by atoms with van der Waals surface area (Å²) in [6, 6.07) is 0. The Balaban J connectivity index is 1.84. The Morgan fingerprint density at radius 3 is 2.38 bits per heavy atom. The number of fused-ring (bicyclic) bond motifs is 4. The number of rotatable bonds is 0. The highest BCUT2D eigenvalue weighted by atomic mass is 16.7. The van der Waals surface area contributed by atoms with Gasteiger partial charge in [-0.2, -0.15) is 0 Å². The maximum atomic E-state index is 12.6. The van der Waals surface area contributed by atoms with Crippen molar-refractivity contribution in [3.05, 3.63) is 0 Å². The first kappa shape index (κ1) is 9.57. The molecule has 3 saturated heterocycles. The van der Waals surface area contributed by atoms with E-state index in [1.54, 1.807) is 0 Å². The van der Waals surface area contributed by atoms with Crippen LogP contribution in [0, 0.1) is 5.41 Å². The number of ketones is 1. The molecule has 5 atom stereocenters. The van der Waals surface area contributed by atoms with E-state index >= 15 is 0 Å². The lowest BCUT2D eigenvalue weighted by molar-refractivity contribution is -0.136. The first-order chi connectivity index (χ1) is 7.30. The van der Waals surface area contributed by atoms with Crippen molar-refractivity contribution in [1.82, 2.24) is 0 Å². The van der Waals surface area contributed by atoms with Crippen molar-refractivity contribution in [3.8, 4) is 0 Å². The molecule has 4 aliphatic rings. The van der Waals surface area contributed by atoms with Crippen LogP contribution >= 0.6 is 0 Å². The smallest absolute Gasteiger partial charge is 0.205 e. The van der Waals surface area contributed by atoms with Crippen LogP contribution < -0.4 is 0 Å². The number of hydrogen-bond acceptors (Lipinski definition) is 4. The minimum Gasteiger partial charge on any atom is -0.360 e. The Morgan fingerprint density at radius 1 is 1.25 bits per heavy atom. The minimum atomic E-state index is -0.696. The Morgan fingerprint density at radius 2 is 1.88 bits per heavy atom. The van der Waals surface area contributed by atoms with Gasteiger partial charge in [0.05, 0.1) is 6.61 Å². The third kappa shape index (κ3) is 0.667. The largest absolute Gasteiger partial charge is 0.360 e. The van der Waals surface area contributed by atoms with Gasteiger partial charge in [-0.3, -0.25) is 4.79 Å². The van der Waals surface area contributed by atoms with E-state index in [0.29, 0.717) is 6.61 Å². The standard InChI is InChI=1S/C12H16O4/c1-9(2,3)12-7(16-12)6-10(4,15-6)11(5-14-11)8(12)13/h6-7H,5H2,1-4H3/t6-,7-,10-,11+,12-/m0/s1. The van der Waals surface area contributed by atoms with E-state index in [9.17, 15) is 4.79 Å². The Hall–Kier alpha value is -0.450. The highest BCUT2D eigenvalue weighted by Gasteiger charge is 2.93. The Kier molecular flexibility index (Phi) is 1.20. The van der Waals surface area contributed by atoms with E-state index in [-0.39, 0.29) is 23.4 Å². The second kappa shape index (κ2) is 2.00. The summed E-state index contributed by atoms with van der Waals surface area (Å²) in [5.41, 5.74) is -1.97. The average Bonchev–Trinajstić information content (AvgIpc) is 3.02. The molecule has 4 rings (SSSR count). The van der Waals surface area contributed by atoms with Gasteiger partial charge >= 0.3 is 0 Å². The number of carbonyl (C=O) groups is 1. The molecule has 0 aromatic rings. The lowest BCUT2D eigenvalue weighted by atomic mass is 9.64. The van der Waals surface area contributed by atoms with Crippen LogP contribution in [0.15, 0.2) is 0 Å². The lowest BCUT2D eigenvalue weighted by Gasteiger charge is -2.32. The molecule has 0 aromatic carbocycles. The molecular formula is C12H16O4. The fourth-order valence-electron chi connectivity index (χ4n) is 3.49. The first-order valence-electron chi connectivity index (χ1n) is 5.84. The molecule has 16 heavy (non-hydrogen) atoms. The van der Waals surface area contributed by atoms with Gasteiger partial charge in [0.15, 0.2) is 11.2 Å². The molecule has 4 heteroatoms. The van der Waals surface area contributed by atoms with Crippen LogP contribution in [0.25, 0.3) is 0 Å². The van der Waals surface area contributed by atoms with Gasteiger partial charge in [0.25, 0.3) is 0 Å². The zero-order chi connectivity index (χ0) is 11.6. The highest BCUT2D eigenvalue weighted by Crippen LogP contribution is 2.71. The molecule has 4 fully saturated rings. The summed E-state index contributed by atoms with van der Waals surface area (Å²) in [7, 11) is 0. The number of Topliss-reactive ketones (excluding diaryl/α,β-unsaturated/α-hetero) is 1. The van der Waals surface area contributed by atoms with Gasteiger partial charge in [0, 0.05) is 5.41 Å². The average molecular weight is 224 g/mol. The third-order valence-corrected chi connectivity index (χ3v) is 4.84. The minimum absolute atomic E-state index is 0.0481. The fourth-order valence-corrected chi connectivity index (χ4v) is 3.49. The Labute approximate surface area is 94.2 Å². The van der Waals surface area contributed by atoms with E-state index in [1.165, 1.54) is 0 Å². The van der Waals surface area contributed by atoms with Gasteiger partial charge in [0.2, 0.25) is 5.78 Å². The molecule has 1 saturated carbocycles. The molecule has 1 spiro atoms. The van der Waals surface area contributed by atoms with E-state index in [4.69, 9.17) is 14.2 Å². The molecule has 1 aliphatic carbocycles. The van der Waals surface area contributed by atoms with Gasteiger partial charge in [-0.05, 0) is 6.92 Å². The summed E-state index contributed by atoms with van der Waals surface area (Å²) in [5, 5.41) is 0. The Bertz CT molecular complexity index is 419. The number of ether oxygens (including phenoxy) is 3. The molecule has 0 amide bonds. The van der Waals surface area contributed by atoms with Crippen LogP contribution in [0.5, 0.6) is 0 Å². The SMILES string of the molecule is CC(C)(C)[C@]12O[C@H]1[C@@H]1O[C@]1(C)[C@@]1(CO1)C2=O. The molecule has 4 nitrogen and oxygen atoms in total. The predicted molar refractivity (Wildman–Crippen MR) is 54.0 cm³/mol. The van der Waals surface area contributed by atoms with Crippen LogP contribution in [-0.2, 0) is 19.0 Å².